The van der Waals surface area contributed by atoms with Crippen LogP contribution in [0.1, 0.15) is 16.8 Å². The summed E-state index contributed by atoms with van der Waals surface area (Å²) in [7, 11) is 2.05. The van der Waals surface area contributed by atoms with Gasteiger partial charge in [0, 0.05) is 31.4 Å². The number of carboxylic acid groups (broad SMARTS) is 1. The molecule has 2 aromatic rings. The van der Waals surface area contributed by atoms with Crippen molar-refractivity contribution in [3.63, 3.8) is 0 Å². The highest BCUT2D eigenvalue weighted by atomic mass is 19.4. The molecule has 0 atom stereocenters. The Morgan fingerprint density at radius 2 is 1.85 bits per heavy atom. The maximum Gasteiger partial charge on any atom is 0.490 e. The minimum absolute atomic E-state index is 0.197. The van der Waals surface area contributed by atoms with E-state index in [2.05, 4.69) is 15.1 Å². The Bertz CT molecular complexity index is 702. The molecule has 0 aliphatic heterocycles. The number of hydrogen-bond acceptors (Lipinski definition) is 4. The van der Waals surface area contributed by atoms with E-state index in [9.17, 15) is 17.6 Å². The minimum Gasteiger partial charge on any atom is -0.475 e. The zero-order valence-electron chi connectivity index (χ0n) is 14.8. The van der Waals surface area contributed by atoms with Gasteiger partial charge in [0.25, 0.3) is 0 Å². The van der Waals surface area contributed by atoms with Crippen molar-refractivity contribution in [1.29, 1.82) is 0 Å². The molecule has 0 amide bonds. The lowest BCUT2D eigenvalue weighted by atomic mass is 10.1. The number of likely N-dealkylation sites (N-methyl/N-ethyl adjacent to an activating group) is 1. The van der Waals surface area contributed by atoms with Crippen LogP contribution in [0.4, 0.5) is 17.6 Å². The quantitative estimate of drug-likeness (QED) is 0.631. The molecule has 0 aliphatic rings. The van der Waals surface area contributed by atoms with Crippen LogP contribution in [0.15, 0.2) is 30.5 Å². The van der Waals surface area contributed by atoms with E-state index in [1.807, 2.05) is 25.4 Å². The fourth-order valence-corrected chi connectivity index (χ4v) is 2.20. The Morgan fingerprint density at radius 1 is 1.26 bits per heavy atom. The van der Waals surface area contributed by atoms with Crippen molar-refractivity contribution in [3.8, 4) is 0 Å². The SMILES string of the molecule is CN(CCN)Cc1c[nH]nc1CCc1ccc(F)cc1.O=C(O)C(F)(F)F. The molecule has 2 rings (SSSR count). The summed E-state index contributed by atoms with van der Waals surface area (Å²) in [5.41, 5.74) is 8.93. The number of nitrogens with zero attached hydrogens (tertiary/aromatic N) is 2. The summed E-state index contributed by atoms with van der Waals surface area (Å²) < 4.78 is 44.6. The number of rotatable bonds is 7. The average molecular weight is 390 g/mol. The van der Waals surface area contributed by atoms with Crippen molar-refractivity contribution in [2.24, 2.45) is 5.73 Å². The number of aromatic nitrogens is 2. The molecule has 0 saturated carbocycles. The van der Waals surface area contributed by atoms with Crippen LogP contribution in [0.25, 0.3) is 0 Å². The Morgan fingerprint density at radius 3 is 2.37 bits per heavy atom. The van der Waals surface area contributed by atoms with Crippen LogP contribution in [-0.2, 0) is 24.2 Å². The van der Waals surface area contributed by atoms with Gasteiger partial charge in [0.1, 0.15) is 5.82 Å². The third-order valence-corrected chi connectivity index (χ3v) is 3.57. The number of carbonyl (C=O) groups is 1. The molecule has 0 unspecified atom stereocenters. The van der Waals surface area contributed by atoms with E-state index in [1.54, 1.807) is 0 Å². The van der Waals surface area contributed by atoms with Gasteiger partial charge in [0.2, 0.25) is 0 Å². The molecule has 0 bridgehead atoms. The molecule has 27 heavy (non-hydrogen) atoms. The van der Waals surface area contributed by atoms with E-state index in [1.165, 1.54) is 17.7 Å². The fraction of sp³-hybridized carbons (Fsp3) is 0.412. The first kappa shape index (κ1) is 22.6. The average Bonchev–Trinajstić information content (AvgIpc) is 3.01. The molecule has 10 heteroatoms. The lowest BCUT2D eigenvalue weighted by molar-refractivity contribution is -0.192. The second-order valence-electron chi connectivity index (χ2n) is 5.81. The summed E-state index contributed by atoms with van der Waals surface area (Å²) in [6.07, 6.45) is -1.44. The molecule has 0 saturated heterocycles. The molecule has 0 radical (unpaired) electrons. The number of hydrogen-bond donors (Lipinski definition) is 3. The largest absolute Gasteiger partial charge is 0.490 e. The van der Waals surface area contributed by atoms with E-state index in [4.69, 9.17) is 15.6 Å². The highest BCUT2D eigenvalue weighted by Crippen LogP contribution is 2.13. The van der Waals surface area contributed by atoms with Gasteiger partial charge >= 0.3 is 12.1 Å². The number of nitrogens with one attached hydrogen (secondary N) is 1. The van der Waals surface area contributed by atoms with E-state index in [0.29, 0.717) is 6.54 Å². The summed E-state index contributed by atoms with van der Waals surface area (Å²) in [6, 6.07) is 6.63. The van der Waals surface area contributed by atoms with Gasteiger partial charge in [0.05, 0.1) is 5.69 Å². The first-order valence-corrected chi connectivity index (χ1v) is 8.08. The number of H-pyrrole nitrogens is 1. The molecular weight excluding hydrogens is 368 g/mol. The zero-order valence-corrected chi connectivity index (χ0v) is 14.8. The Balaban J connectivity index is 0.000000445. The van der Waals surface area contributed by atoms with Crippen molar-refractivity contribution in [2.45, 2.75) is 25.6 Å². The topological polar surface area (TPSA) is 95.2 Å². The summed E-state index contributed by atoms with van der Waals surface area (Å²) in [4.78, 5) is 11.1. The lowest BCUT2D eigenvalue weighted by Crippen LogP contribution is -2.25. The van der Waals surface area contributed by atoms with Crippen molar-refractivity contribution < 1.29 is 27.5 Å². The maximum absolute atomic E-state index is 12.8. The van der Waals surface area contributed by atoms with Crippen molar-refractivity contribution in [2.75, 3.05) is 20.1 Å². The van der Waals surface area contributed by atoms with Gasteiger partial charge in [-0.3, -0.25) is 5.10 Å². The maximum atomic E-state index is 12.8. The number of benzene rings is 1. The highest BCUT2D eigenvalue weighted by molar-refractivity contribution is 5.73. The Hall–Kier alpha value is -2.46. The van der Waals surface area contributed by atoms with Crippen LogP contribution in [0, 0.1) is 5.82 Å². The van der Waals surface area contributed by atoms with Crippen LogP contribution in [-0.4, -0.2) is 52.5 Å². The van der Waals surface area contributed by atoms with Crippen LogP contribution in [0.3, 0.4) is 0 Å². The van der Waals surface area contributed by atoms with Crippen molar-refractivity contribution in [3.05, 3.63) is 53.1 Å². The predicted molar refractivity (Wildman–Crippen MR) is 91.5 cm³/mol. The molecule has 150 valence electrons. The number of aromatic amines is 1. The first-order chi connectivity index (χ1) is 12.6. The number of carboxylic acids is 1. The molecule has 4 N–H and O–H groups in total. The summed E-state index contributed by atoms with van der Waals surface area (Å²) >= 11 is 0. The lowest BCUT2D eigenvalue weighted by Gasteiger charge is -2.14. The third kappa shape index (κ3) is 8.65. The van der Waals surface area contributed by atoms with Crippen LogP contribution >= 0.6 is 0 Å². The highest BCUT2D eigenvalue weighted by Gasteiger charge is 2.38. The van der Waals surface area contributed by atoms with E-state index < -0.39 is 12.1 Å². The number of aliphatic carboxylic acids is 1. The van der Waals surface area contributed by atoms with Gasteiger partial charge in [-0.05, 0) is 37.6 Å². The van der Waals surface area contributed by atoms with E-state index >= 15 is 0 Å². The van der Waals surface area contributed by atoms with Crippen molar-refractivity contribution >= 4 is 5.97 Å². The van der Waals surface area contributed by atoms with Gasteiger partial charge in [-0.1, -0.05) is 12.1 Å². The second-order valence-corrected chi connectivity index (χ2v) is 5.81. The molecule has 0 aliphatic carbocycles. The van der Waals surface area contributed by atoms with Gasteiger partial charge in [-0.25, -0.2) is 9.18 Å². The van der Waals surface area contributed by atoms with Gasteiger partial charge in [-0.2, -0.15) is 18.3 Å². The molecule has 0 fully saturated rings. The zero-order chi connectivity index (χ0) is 20.4. The van der Waals surface area contributed by atoms with Gasteiger partial charge < -0.3 is 15.7 Å². The molecular formula is C17H22F4N4O2. The monoisotopic (exact) mass is 390 g/mol. The van der Waals surface area contributed by atoms with Gasteiger partial charge in [0.15, 0.2) is 0 Å². The van der Waals surface area contributed by atoms with Crippen molar-refractivity contribution in [1.82, 2.24) is 15.1 Å². The summed E-state index contributed by atoms with van der Waals surface area (Å²) in [6.45, 7) is 2.36. The number of halogens is 4. The molecule has 1 aromatic carbocycles. The normalized spacial score (nSPS) is 11.2. The molecule has 6 nitrogen and oxygen atoms in total. The van der Waals surface area contributed by atoms with E-state index in [0.717, 1.165) is 37.2 Å². The Labute approximate surface area is 154 Å². The molecule has 1 aromatic heterocycles. The molecule has 1 heterocycles. The predicted octanol–water partition coefficient (Wildman–Crippen LogP) is 2.36. The summed E-state index contributed by atoms with van der Waals surface area (Å²) in [5, 5.41) is 14.4. The standard InChI is InChI=1S/C15H21FN4.C2HF3O2/c1-20(9-8-17)11-13-10-18-19-15(13)7-4-12-2-5-14(16)6-3-12;3-2(4,5)1(6)7/h2-3,5-6,10H,4,7-9,11,17H2,1H3,(H,18,19);(H,6,7). The van der Waals surface area contributed by atoms with Crippen LogP contribution < -0.4 is 5.73 Å². The first-order valence-electron chi connectivity index (χ1n) is 8.08. The van der Waals surface area contributed by atoms with Crippen LogP contribution in [0.2, 0.25) is 0 Å². The van der Waals surface area contributed by atoms with E-state index in [-0.39, 0.29) is 5.82 Å². The molecule has 0 spiro atoms. The summed E-state index contributed by atoms with van der Waals surface area (Å²) in [5.74, 6) is -2.95. The van der Waals surface area contributed by atoms with Gasteiger partial charge in [-0.15, -0.1) is 0 Å². The number of aryl methyl sites for hydroxylation is 2. The van der Waals surface area contributed by atoms with Crippen LogP contribution in [0.5, 0.6) is 0 Å². The Kier molecular flexibility index (Phi) is 8.89. The smallest absolute Gasteiger partial charge is 0.475 e. The third-order valence-electron chi connectivity index (χ3n) is 3.57. The fourth-order valence-electron chi connectivity index (χ4n) is 2.20. The number of alkyl halides is 3. The minimum atomic E-state index is -5.08. The second kappa shape index (κ2) is 10.6. The number of nitrogens with two attached hydrogens (primary N) is 1.